The van der Waals surface area contributed by atoms with Crippen molar-refractivity contribution in [3.63, 3.8) is 0 Å². The highest BCUT2D eigenvalue weighted by Gasteiger charge is 2.33. The number of nitrogens with one attached hydrogen (secondary N) is 1. The molecule has 116 valence electrons. The fourth-order valence-electron chi connectivity index (χ4n) is 2.36. The van der Waals surface area contributed by atoms with Gasteiger partial charge < -0.3 is 5.32 Å². The summed E-state index contributed by atoms with van der Waals surface area (Å²) in [6, 6.07) is 17.4. The molecule has 0 saturated heterocycles. The largest absolute Gasteiger partial charge is 0.418 e. The van der Waals surface area contributed by atoms with Crippen LogP contribution in [0, 0.1) is 0 Å². The molecule has 1 N–H and O–H groups in total. The summed E-state index contributed by atoms with van der Waals surface area (Å²) in [6.45, 7) is 0. The number of alkyl halides is 3. The third kappa shape index (κ3) is 3.18. The number of benzene rings is 3. The van der Waals surface area contributed by atoms with Gasteiger partial charge in [-0.2, -0.15) is 13.2 Å². The number of para-hydroxylation sites is 1. The van der Waals surface area contributed by atoms with E-state index in [0.29, 0.717) is 5.56 Å². The van der Waals surface area contributed by atoms with Crippen molar-refractivity contribution >= 4 is 22.4 Å². The van der Waals surface area contributed by atoms with Crippen LogP contribution >= 0.6 is 0 Å². The minimum atomic E-state index is -4.52. The summed E-state index contributed by atoms with van der Waals surface area (Å²) in [4.78, 5) is 12.3. The second-order valence-corrected chi connectivity index (χ2v) is 5.06. The van der Waals surface area contributed by atoms with Crippen LogP contribution in [0.25, 0.3) is 10.8 Å². The molecule has 0 bridgehead atoms. The van der Waals surface area contributed by atoms with E-state index >= 15 is 0 Å². The van der Waals surface area contributed by atoms with Crippen molar-refractivity contribution in [2.75, 3.05) is 5.32 Å². The second-order valence-electron chi connectivity index (χ2n) is 5.06. The number of anilines is 1. The summed E-state index contributed by atoms with van der Waals surface area (Å²) in [5.74, 6) is -0.576. The van der Waals surface area contributed by atoms with Crippen LogP contribution in [0.1, 0.15) is 15.9 Å². The van der Waals surface area contributed by atoms with E-state index in [-0.39, 0.29) is 5.69 Å². The van der Waals surface area contributed by atoms with Crippen LogP contribution in [0.5, 0.6) is 0 Å². The minimum absolute atomic E-state index is 0.252. The molecule has 0 saturated carbocycles. The number of carbonyl (C=O) groups excluding carboxylic acids is 1. The molecule has 5 heteroatoms. The lowest BCUT2D eigenvalue weighted by atomic mass is 10.1. The number of rotatable bonds is 2. The van der Waals surface area contributed by atoms with Gasteiger partial charge in [0.05, 0.1) is 11.3 Å². The predicted molar refractivity (Wildman–Crippen MR) is 83.3 cm³/mol. The van der Waals surface area contributed by atoms with Gasteiger partial charge in [-0.05, 0) is 35.0 Å². The first-order valence-corrected chi connectivity index (χ1v) is 6.91. The molecule has 0 aromatic heterocycles. The summed E-state index contributed by atoms with van der Waals surface area (Å²) in [7, 11) is 0. The standard InChI is InChI=1S/C18H12F3NO/c19-18(20,21)15-7-3-4-8-16(15)22-17(23)14-10-9-12-5-1-2-6-13(12)11-14/h1-11H,(H,22,23). The first-order chi connectivity index (χ1) is 10.9. The second kappa shape index (κ2) is 5.76. The molecular formula is C18H12F3NO. The van der Waals surface area contributed by atoms with E-state index in [9.17, 15) is 18.0 Å². The molecule has 0 heterocycles. The Morgan fingerprint density at radius 2 is 1.48 bits per heavy atom. The smallest absolute Gasteiger partial charge is 0.321 e. The van der Waals surface area contributed by atoms with Gasteiger partial charge >= 0.3 is 6.18 Å². The Morgan fingerprint density at radius 1 is 0.826 bits per heavy atom. The maximum absolute atomic E-state index is 13.0. The molecule has 0 aliphatic rings. The van der Waals surface area contributed by atoms with E-state index in [1.807, 2.05) is 24.3 Å². The summed E-state index contributed by atoms with van der Waals surface area (Å²) in [5, 5.41) is 4.15. The Bertz CT molecular complexity index is 871. The first kappa shape index (κ1) is 15.1. The lowest BCUT2D eigenvalue weighted by Gasteiger charge is -2.13. The highest BCUT2D eigenvalue weighted by atomic mass is 19.4. The molecular weight excluding hydrogens is 303 g/mol. The Balaban J connectivity index is 1.92. The Kier molecular flexibility index (Phi) is 3.78. The van der Waals surface area contributed by atoms with E-state index in [1.54, 1.807) is 18.2 Å². The van der Waals surface area contributed by atoms with Gasteiger partial charge in [0, 0.05) is 5.56 Å². The topological polar surface area (TPSA) is 29.1 Å². The van der Waals surface area contributed by atoms with Crippen molar-refractivity contribution in [2.45, 2.75) is 6.18 Å². The maximum Gasteiger partial charge on any atom is 0.418 e. The predicted octanol–water partition coefficient (Wildman–Crippen LogP) is 5.11. The number of fused-ring (bicyclic) bond motifs is 1. The van der Waals surface area contributed by atoms with Crippen LogP contribution in [0.15, 0.2) is 66.7 Å². The Labute approximate surface area is 130 Å². The number of hydrogen-bond donors (Lipinski definition) is 1. The molecule has 0 spiro atoms. The van der Waals surface area contributed by atoms with E-state index in [0.717, 1.165) is 16.8 Å². The van der Waals surface area contributed by atoms with Gasteiger partial charge in [0.15, 0.2) is 0 Å². The maximum atomic E-state index is 13.0. The number of carbonyl (C=O) groups is 1. The summed E-state index contributed by atoms with van der Waals surface area (Å²) in [5.41, 5.74) is -0.812. The van der Waals surface area contributed by atoms with E-state index in [2.05, 4.69) is 5.32 Å². The lowest BCUT2D eigenvalue weighted by Crippen LogP contribution is -2.16. The van der Waals surface area contributed by atoms with Gasteiger partial charge in [0.1, 0.15) is 0 Å². The highest BCUT2D eigenvalue weighted by molar-refractivity contribution is 6.06. The van der Waals surface area contributed by atoms with Crippen LogP contribution in [-0.2, 0) is 6.18 Å². The monoisotopic (exact) mass is 315 g/mol. The molecule has 2 nitrogen and oxygen atoms in total. The van der Waals surface area contributed by atoms with Gasteiger partial charge in [0.2, 0.25) is 0 Å². The minimum Gasteiger partial charge on any atom is -0.321 e. The van der Waals surface area contributed by atoms with Crippen molar-refractivity contribution in [1.82, 2.24) is 0 Å². The van der Waals surface area contributed by atoms with Gasteiger partial charge in [-0.1, -0.05) is 42.5 Å². The quantitative estimate of drug-likeness (QED) is 0.699. The fraction of sp³-hybridized carbons (Fsp3) is 0.0556. The van der Waals surface area contributed by atoms with E-state index in [4.69, 9.17) is 0 Å². The first-order valence-electron chi connectivity index (χ1n) is 6.91. The highest BCUT2D eigenvalue weighted by Crippen LogP contribution is 2.34. The van der Waals surface area contributed by atoms with Crippen molar-refractivity contribution in [2.24, 2.45) is 0 Å². The third-order valence-corrected chi connectivity index (χ3v) is 3.49. The molecule has 3 aromatic carbocycles. The van der Waals surface area contributed by atoms with Crippen LogP contribution in [0.2, 0.25) is 0 Å². The van der Waals surface area contributed by atoms with Crippen molar-refractivity contribution in [1.29, 1.82) is 0 Å². The van der Waals surface area contributed by atoms with Crippen molar-refractivity contribution in [3.8, 4) is 0 Å². The summed E-state index contributed by atoms with van der Waals surface area (Å²) >= 11 is 0. The molecule has 3 rings (SSSR count). The molecule has 0 aliphatic carbocycles. The van der Waals surface area contributed by atoms with Gasteiger partial charge in [-0.15, -0.1) is 0 Å². The Hall–Kier alpha value is -2.82. The average Bonchev–Trinajstić information content (AvgIpc) is 2.54. The Morgan fingerprint density at radius 3 is 2.22 bits per heavy atom. The molecule has 23 heavy (non-hydrogen) atoms. The molecule has 0 unspecified atom stereocenters. The van der Waals surface area contributed by atoms with E-state index in [1.165, 1.54) is 18.2 Å². The fourth-order valence-corrected chi connectivity index (χ4v) is 2.36. The van der Waals surface area contributed by atoms with Crippen molar-refractivity contribution < 1.29 is 18.0 Å². The zero-order valence-corrected chi connectivity index (χ0v) is 11.9. The van der Waals surface area contributed by atoms with Crippen LogP contribution in [0.3, 0.4) is 0 Å². The molecule has 0 radical (unpaired) electrons. The van der Waals surface area contributed by atoms with Crippen LogP contribution < -0.4 is 5.32 Å². The zero-order chi connectivity index (χ0) is 16.4. The van der Waals surface area contributed by atoms with Gasteiger partial charge in [-0.25, -0.2) is 0 Å². The lowest BCUT2D eigenvalue weighted by molar-refractivity contribution is -0.136. The molecule has 0 fully saturated rings. The molecule has 1 amide bonds. The third-order valence-electron chi connectivity index (χ3n) is 3.49. The molecule has 3 aromatic rings. The van der Waals surface area contributed by atoms with Crippen LogP contribution in [-0.4, -0.2) is 5.91 Å². The van der Waals surface area contributed by atoms with Crippen LogP contribution in [0.4, 0.5) is 18.9 Å². The number of halogens is 3. The zero-order valence-electron chi connectivity index (χ0n) is 11.9. The summed E-state index contributed by atoms with van der Waals surface area (Å²) < 4.78 is 38.9. The molecule has 0 aliphatic heterocycles. The number of amides is 1. The SMILES string of the molecule is O=C(Nc1ccccc1C(F)(F)F)c1ccc2ccccc2c1. The summed E-state index contributed by atoms with van der Waals surface area (Å²) in [6.07, 6.45) is -4.52. The average molecular weight is 315 g/mol. The van der Waals surface area contributed by atoms with Crippen molar-refractivity contribution in [3.05, 3.63) is 77.9 Å². The number of hydrogen-bond acceptors (Lipinski definition) is 1. The molecule has 0 atom stereocenters. The van der Waals surface area contributed by atoms with E-state index < -0.39 is 17.6 Å². The normalized spacial score (nSPS) is 11.4. The van der Waals surface area contributed by atoms with Gasteiger partial charge in [0.25, 0.3) is 5.91 Å². The van der Waals surface area contributed by atoms with Gasteiger partial charge in [-0.3, -0.25) is 4.79 Å².